The summed E-state index contributed by atoms with van der Waals surface area (Å²) in [5.41, 5.74) is 0.915. The zero-order chi connectivity index (χ0) is 16.8. The van der Waals surface area contributed by atoms with Crippen LogP contribution in [0.4, 0.5) is 0 Å². The van der Waals surface area contributed by atoms with Gasteiger partial charge in [0, 0.05) is 20.2 Å². The Bertz CT molecular complexity index is 552. The molecule has 25 heavy (non-hydrogen) atoms. The number of fused-ring (bicyclic) bond motifs is 1. The first-order valence-electron chi connectivity index (χ1n) is 8.94. The summed E-state index contributed by atoms with van der Waals surface area (Å²) in [4.78, 5) is 12.8. The van der Waals surface area contributed by atoms with Gasteiger partial charge in [0.2, 0.25) is 5.91 Å². The van der Waals surface area contributed by atoms with Gasteiger partial charge in [-0.2, -0.15) is 0 Å². The summed E-state index contributed by atoms with van der Waals surface area (Å²) in [6.45, 7) is 3.51. The molecule has 0 bridgehead atoms. The second-order valence-electron chi connectivity index (χ2n) is 6.90. The van der Waals surface area contributed by atoms with Crippen LogP contribution in [0.3, 0.4) is 0 Å². The van der Waals surface area contributed by atoms with E-state index in [2.05, 4.69) is 10.6 Å². The molecule has 1 aromatic rings. The molecule has 1 aromatic carbocycles. The molecule has 1 amide bonds. The first kappa shape index (κ1) is 20.0. The molecule has 2 fully saturated rings. The van der Waals surface area contributed by atoms with E-state index in [1.54, 1.807) is 7.11 Å². The van der Waals surface area contributed by atoms with E-state index < -0.39 is 0 Å². The second kappa shape index (κ2) is 9.41. The summed E-state index contributed by atoms with van der Waals surface area (Å²) in [6.07, 6.45) is 4.61. The highest BCUT2D eigenvalue weighted by Gasteiger charge is 2.49. The summed E-state index contributed by atoms with van der Waals surface area (Å²) in [5, 5.41) is 6.59. The number of methoxy groups -OCH3 is 1. The number of ether oxygens (including phenoxy) is 2. The number of carbonyl (C=O) groups is 1. The van der Waals surface area contributed by atoms with Gasteiger partial charge in [-0.1, -0.05) is 25.0 Å². The van der Waals surface area contributed by atoms with Crippen molar-refractivity contribution in [3.8, 4) is 5.75 Å². The fraction of sp³-hybridized carbons (Fsp3) is 0.632. The molecule has 5 nitrogen and oxygen atoms in total. The number of hydrogen-bond acceptors (Lipinski definition) is 4. The highest BCUT2D eigenvalue weighted by atomic mass is 35.5. The summed E-state index contributed by atoms with van der Waals surface area (Å²) in [7, 11) is 1.66. The van der Waals surface area contributed by atoms with Crippen LogP contribution in [0.5, 0.6) is 5.75 Å². The summed E-state index contributed by atoms with van der Waals surface area (Å²) in [5.74, 6) is 1.55. The Kier molecular flexibility index (Phi) is 7.54. The highest BCUT2D eigenvalue weighted by molar-refractivity contribution is 5.85. The molecule has 1 aliphatic heterocycles. The minimum Gasteiger partial charge on any atom is -0.491 e. The van der Waals surface area contributed by atoms with Crippen LogP contribution in [0.25, 0.3) is 0 Å². The van der Waals surface area contributed by atoms with Gasteiger partial charge in [-0.05, 0) is 43.0 Å². The Hall–Kier alpha value is -1.30. The van der Waals surface area contributed by atoms with Crippen molar-refractivity contribution in [3.05, 3.63) is 29.8 Å². The lowest BCUT2D eigenvalue weighted by atomic mass is 9.67. The molecule has 3 rings (SSSR count). The zero-order valence-electron chi connectivity index (χ0n) is 14.9. The molecule has 2 atom stereocenters. The molecule has 6 heteroatoms. The second-order valence-corrected chi connectivity index (χ2v) is 6.90. The molecule has 140 valence electrons. The number of benzene rings is 1. The summed E-state index contributed by atoms with van der Waals surface area (Å²) in [6, 6.07) is 7.89. The molecule has 0 spiro atoms. The van der Waals surface area contributed by atoms with Crippen LogP contribution in [-0.4, -0.2) is 39.3 Å². The Labute approximate surface area is 156 Å². The number of halogens is 1. The predicted molar refractivity (Wildman–Crippen MR) is 100 cm³/mol. The van der Waals surface area contributed by atoms with Crippen molar-refractivity contribution in [3.63, 3.8) is 0 Å². The van der Waals surface area contributed by atoms with Gasteiger partial charge in [-0.3, -0.25) is 4.79 Å². The molecule has 0 unspecified atom stereocenters. The van der Waals surface area contributed by atoms with E-state index in [-0.39, 0.29) is 23.7 Å². The van der Waals surface area contributed by atoms with Gasteiger partial charge in [0.1, 0.15) is 12.4 Å². The number of carbonyl (C=O) groups excluding carboxylic acids is 1. The van der Waals surface area contributed by atoms with E-state index in [1.807, 2.05) is 24.3 Å². The van der Waals surface area contributed by atoms with Gasteiger partial charge in [0.05, 0.1) is 12.0 Å². The van der Waals surface area contributed by atoms with Crippen LogP contribution in [0.2, 0.25) is 0 Å². The number of rotatable bonds is 7. The molecule has 1 saturated heterocycles. The fourth-order valence-electron chi connectivity index (χ4n) is 4.00. The largest absolute Gasteiger partial charge is 0.491 e. The predicted octanol–water partition coefficient (Wildman–Crippen LogP) is 2.53. The number of amides is 1. The van der Waals surface area contributed by atoms with E-state index >= 15 is 0 Å². The van der Waals surface area contributed by atoms with Crippen LogP contribution in [0.1, 0.15) is 31.2 Å². The van der Waals surface area contributed by atoms with Crippen LogP contribution in [0, 0.1) is 11.3 Å². The maximum absolute atomic E-state index is 12.8. The molecule has 1 aliphatic carbocycles. The van der Waals surface area contributed by atoms with Crippen molar-refractivity contribution in [2.45, 2.75) is 32.2 Å². The lowest BCUT2D eigenvalue weighted by Gasteiger charge is -2.37. The maximum atomic E-state index is 12.8. The van der Waals surface area contributed by atoms with Crippen molar-refractivity contribution >= 4 is 18.3 Å². The van der Waals surface area contributed by atoms with Crippen molar-refractivity contribution in [2.75, 3.05) is 33.4 Å². The Balaban J connectivity index is 0.00000225. The fourth-order valence-corrected chi connectivity index (χ4v) is 4.00. The van der Waals surface area contributed by atoms with Gasteiger partial charge in [-0.25, -0.2) is 0 Å². The van der Waals surface area contributed by atoms with E-state index in [0.29, 0.717) is 25.7 Å². The summed E-state index contributed by atoms with van der Waals surface area (Å²) < 4.78 is 10.5. The molecular formula is C19H29ClN2O3. The first-order valence-corrected chi connectivity index (χ1v) is 8.94. The minimum absolute atomic E-state index is 0. The van der Waals surface area contributed by atoms with E-state index in [9.17, 15) is 4.79 Å². The van der Waals surface area contributed by atoms with Crippen LogP contribution in [-0.2, 0) is 16.1 Å². The molecule has 0 aromatic heterocycles. The number of nitrogens with one attached hydrogen (secondary N) is 2. The van der Waals surface area contributed by atoms with Gasteiger partial charge >= 0.3 is 0 Å². The van der Waals surface area contributed by atoms with Crippen molar-refractivity contribution in [1.29, 1.82) is 0 Å². The number of hydrogen-bond donors (Lipinski definition) is 2. The average Bonchev–Trinajstić information content (AvgIpc) is 3.06. The lowest BCUT2D eigenvalue weighted by Crippen LogP contribution is -2.47. The van der Waals surface area contributed by atoms with E-state index in [4.69, 9.17) is 9.47 Å². The Morgan fingerprint density at radius 1 is 1.28 bits per heavy atom. The van der Waals surface area contributed by atoms with Gasteiger partial charge in [-0.15, -0.1) is 12.4 Å². The van der Waals surface area contributed by atoms with E-state index in [1.165, 1.54) is 19.3 Å². The normalized spacial score (nSPS) is 24.9. The minimum atomic E-state index is -0.179. The third-order valence-electron chi connectivity index (χ3n) is 5.42. The van der Waals surface area contributed by atoms with Gasteiger partial charge in [0.15, 0.2) is 0 Å². The van der Waals surface area contributed by atoms with Crippen LogP contribution < -0.4 is 15.4 Å². The van der Waals surface area contributed by atoms with Crippen molar-refractivity contribution in [2.24, 2.45) is 11.3 Å². The highest BCUT2D eigenvalue weighted by Crippen LogP contribution is 2.43. The monoisotopic (exact) mass is 368 g/mol. The molecular weight excluding hydrogens is 340 g/mol. The zero-order valence-corrected chi connectivity index (χ0v) is 15.7. The molecule has 0 radical (unpaired) electrons. The van der Waals surface area contributed by atoms with Crippen molar-refractivity contribution < 1.29 is 14.3 Å². The Morgan fingerprint density at radius 3 is 2.84 bits per heavy atom. The van der Waals surface area contributed by atoms with Crippen LogP contribution >= 0.6 is 12.4 Å². The average molecular weight is 369 g/mol. The molecule has 2 N–H and O–H groups in total. The molecule has 1 saturated carbocycles. The molecule has 1 heterocycles. The van der Waals surface area contributed by atoms with Gasteiger partial charge in [0.25, 0.3) is 0 Å². The third kappa shape index (κ3) is 4.66. The smallest absolute Gasteiger partial charge is 0.228 e. The Morgan fingerprint density at radius 2 is 2.08 bits per heavy atom. The first-order chi connectivity index (χ1) is 11.7. The SMILES string of the molecule is COCCOc1ccc(CNC(=O)[C@@]23CCCC[C@H]2CNC3)cc1.Cl. The van der Waals surface area contributed by atoms with Crippen molar-refractivity contribution in [1.82, 2.24) is 10.6 Å². The third-order valence-corrected chi connectivity index (χ3v) is 5.42. The van der Waals surface area contributed by atoms with E-state index in [0.717, 1.165) is 30.8 Å². The topological polar surface area (TPSA) is 59.6 Å². The maximum Gasteiger partial charge on any atom is 0.228 e. The molecule has 2 aliphatic rings. The quantitative estimate of drug-likeness (QED) is 0.726. The van der Waals surface area contributed by atoms with Crippen LogP contribution in [0.15, 0.2) is 24.3 Å². The summed E-state index contributed by atoms with van der Waals surface area (Å²) >= 11 is 0. The lowest BCUT2D eigenvalue weighted by molar-refractivity contribution is -0.134. The van der Waals surface area contributed by atoms with Gasteiger partial charge < -0.3 is 20.1 Å². The standard InChI is InChI=1S/C19H28N2O3.ClH/c1-23-10-11-24-17-7-5-15(6-8-17)12-21-18(22)19-9-3-2-4-16(19)13-20-14-19;/h5-8,16,20H,2-4,9-14H2,1H3,(H,21,22);1H/t16-,19+;/m0./s1.